The summed E-state index contributed by atoms with van der Waals surface area (Å²) in [5, 5.41) is 9.50. The zero-order valence-corrected chi connectivity index (χ0v) is 22.8. The van der Waals surface area contributed by atoms with Gasteiger partial charge in [-0.1, -0.05) is 96.0 Å². The van der Waals surface area contributed by atoms with Gasteiger partial charge in [0.15, 0.2) is 6.10 Å². The number of carbonyl (C=O) groups is 3. The smallest absolute Gasteiger partial charge is 0.508 e. The minimum atomic E-state index is -1.01. The van der Waals surface area contributed by atoms with Crippen molar-refractivity contribution in [2.24, 2.45) is 0 Å². The van der Waals surface area contributed by atoms with Crippen molar-refractivity contribution in [3.63, 3.8) is 0 Å². The van der Waals surface area contributed by atoms with E-state index in [1.807, 2.05) is 0 Å². The lowest BCUT2D eigenvalue weighted by Gasteiger charge is -2.18. The average Bonchev–Trinajstić information content (AvgIpc) is 2.89. The van der Waals surface area contributed by atoms with Crippen LogP contribution in [0.5, 0.6) is 11.5 Å². The molecule has 1 aromatic carbocycles. The van der Waals surface area contributed by atoms with Crippen LogP contribution in [0, 0.1) is 0 Å². The summed E-state index contributed by atoms with van der Waals surface area (Å²) in [5.41, 5.74) is 0. The summed E-state index contributed by atoms with van der Waals surface area (Å²) in [6.07, 6.45) is 17.0. The maximum absolute atomic E-state index is 12.4. The Morgan fingerprint density at radius 3 is 1.79 bits per heavy atom. The molecule has 214 valence electrons. The van der Waals surface area contributed by atoms with Crippen molar-refractivity contribution in [3.8, 4) is 11.5 Å². The van der Waals surface area contributed by atoms with Crippen LogP contribution in [-0.4, -0.2) is 42.5 Å². The van der Waals surface area contributed by atoms with E-state index in [-0.39, 0.29) is 37.1 Å². The first kappa shape index (κ1) is 31.4. The second-order valence-electron chi connectivity index (χ2n) is 10.1. The number of phenolic OH excluding ortho intramolecular Hbond substituents is 1. The van der Waals surface area contributed by atoms with Gasteiger partial charge in [0, 0.05) is 18.9 Å². The number of phenols is 1. The number of hydrogen-bond acceptors (Lipinski definition) is 8. The Labute approximate surface area is 227 Å². The van der Waals surface area contributed by atoms with Crippen LogP contribution in [0.25, 0.3) is 0 Å². The predicted molar refractivity (Wildman–Crippen MR) is 144 cm³/mol. The molecule has 1 saturated heterocycles. The maximum atomic E-state index is 12.4. The van der Waals surface area contributed by atoms with E-state index in [1.54, 1.807) is 0 Å². The van der Waals surface area contributed by atoms with Crippen molar-refractivity contribution in [1.82, 2.24) is 0 Å². The minimum Gasteiger partial charge on any atom is -0.508 e. The van der Waals surface area contributed by atoms with E-state index in [4.69, 9.17) is 18.9 Å². The molecule has 1 N–H and O–H groups in total. The molecule has 1 atom stereocenters. The van der Waals surface area contributed by atoms with Crippen LogP contribution in [0.2, 0.25) is 0 Å². The number of benzene rings is 1. The van der Waals surface area contributed by atoms with E-state index in [1.165, 1.54) is 88.5 Å². The summed E-state index contributed by atoms with van der Waals surface area (Å²) in [6.45, 7) is -0.499. The van der Waals surface area contributed by atoms with Crippen LogP contribution < -0.4 is 4.74 Å². The summed E-state index contributed by atoms with van der Waals surface area (Å²) in [4.78, 5) is 36.7. The van der Waals surface area contributed by atoms with E-state index in [0.717, 1.165) is 38.5 Å². The largest absolute Gasteiger partial charge is 0.513 e. The normalized spacial score (nSPS) is 20.8. The van der Waals surface area contributed by atoms with Gasteiger partial charge in [-0.25, -0.2) is 4.79 Å². The van der Waals surface area contributed by atoms with Crippen molar-refractivity contribution < 1.29 is 38.4 Å². The third-order valence-electron chi connectivity index (χ3n) is 6.65. The molecular formula is C30H46O8. The molecule has 0 bridgehead atoms. The molecule has 0 amide bonds. The van der Waals surface area contributed by atoms with Crippen LogP contribution in [0.1, 0.15) is 116 Å². The number of rotatable bonds is 3. The lowest BCUT2D eigenvalue weighted by Crippen LogP contribution is -2.31. The first-order chi connectivity index (χ1) is 18.5. The van der Waals surface area contributed by atoms with Gasteiger partial charge in [-0.3, -0.25) is 9.59 Å². The number of carbonyl (C=O) groups excluding carboxylic acids is 3. The number of aromatic hydroxyl groups is 1. The fourth-order valence-corrected chi connectivity index (χ4v) is 4.47. The molecular weight excluding hydrogens is 488 g/mol. The third kappa shape index (κ3) is 16.2. The molecule has 0 aliphatic carbocycles. The van der Waals surface area contributed by atoms with Crippen molar-refractivity contribution >= 4 is 18.1 Å². The van der Waals surface area contributed by atoms with E-state index in [2.05, 4.69) is 0 Å². The Bertz CT molecular complexity index is 809. The van der Waals surface area contributed by atoms with Crippen molar-refractivity contribution in [1.29, 1.82) is 0 Å². The number of esters is 2. The molecule has 1 aromatic rings. The molecule has 1 aliphatic rings. The lowest BCUT2D eigenvalue weighted by molar-refractivity contribution is -0.161. The zero-order chi connectivity index (χ0) is 27.3. The average molecular weight is 535 g/mol. The van der Waals surface area contributed by atoms with Gasteiger partial charge in [0.25, 0.3) is 0 Å². The molecule has 0 saturated carbocycles. The van der Waals surface area contributed by atoms with Crippen LogP contribution in [0.15, 0.2) is 24.3 Å². The molecule has 0 radical (unpaired) electrons. The monoisotopic (exact) mass is 534 g/mol. The molecule has 1 aliphatic heterocycles. The van der Waals surface area contributed by atoms with Crippen molar-refractivity contribution in [2.45, 2.75) is 122 Å². The van der Waals surface area contributed by atoms with E-state index >= 15 is 0 Å². The zero-order valence-electron chi connectivity index (χ0n) is 22.8. The Morgan fingerprint density at radius 1 is 0.763 bits per heavy atom. The van der Waals surface area contributed by atoms with E-state index in [0.29, 0.717) is 6.42 Å². The van der Waals surface area contributed by atoms with Gasteiger partial charge >= 0.3 is 18.1 Å². The summed E-state index contributed by atoms with van der Waals surface area (Å²) < 4.78 is 20.9. The molecule has 8 nitrogen and oxygen atoms in total. The number of cyclic esters (lactones) is 2. The van der Waals surface area contributed by atoms with Gasteiger partial charge in [0.2, 0.25) is 0 Å². The topological polar surface area (TPSA) is 108 Å². The molecule has 1 fully saturated rings. The van der Waals surface area contributed by atoms with Crippen molar-refractivity contribution in [2.75, 3.05) is 13.2 Å². The Balaban J connectivity index is 1.81. The van der Waals surface area contributed by atoms with Gasteiger partial charge in [-0.05, 0) is 25.0 Å². The molecule has 0 spiro atoms. The standard InChI is InChI=1S/C30H46O8/c31-25-18-17-19-26(22-25)38-30(34)36-24-27-23-35-28(32)20-15-13-11-9-7-5-3-1-2-4-6-8-10-12-14-16-21-29(33)37-27/h17-19,22,27,31H,1-16,20-21,23-24H2. The number of hydrogen-bond donors (Lipinski definition) is 1. The van der Waals surface area contributed by atoms with Gasteiger partial charge in [-0.2, -0.15) is 0 Å². The fourth-order valence-electron chi connectivity index (χ4n) is 4.47. The van der Waals surface area contributed by atoms with Gasteiger partial charge in [0.05, 0.1) is 0 Å². The summed E-state index contributed by atoms with van der Waals surface area (Å²) in [7, 11) is 0. The first-order valence-corrected chi connectivity index (χ1v) is 14.5. The van der Waals surface area contributed by atoms with Gasteiger partial charge < -0.3 is 24.1 Å². The van der Waals surface area contributed by atoms with E-state index < -0.39 is 18.2 Å². The van der Waals surface area contributed by atoms with Crippen LogP contribution >= 0.6 is 0 Å². The van der Waals surface area contributed by atoms with Gasteiger partial charge in [0.1, 0.15) is 24.7 Å². The first-order valence-electron chi connectivity index (χ1n) is 14.5. The minimum absolute atomic E-state index is 0.0526. The molecule has 1 unspecified atom stereocenters. The second kappa shape index (κ2) is 20.2. The van der Waals surface area contributed by atoms with Crippen LogP contribution in [-0.2, 0) is 23.8 Å². The lowest BCUT2D eigenvalue weighted by atomic mass is 10.0. The summed E-state index contributed by atoms with van der Waals surface area (Å²) in [6, 6.07) is 5.74. The highest BCUT2D eigenvalue weighted by atomic mass is 16.7. The number of ether oxygens (including phenoxy) is 4. The summed E-state index contributed by atoms with van der Waals surface area (Å²) in [5.74, 6) is -0.705. The fraction of sp³-hybridized carbons (Fsp3) is 0.700. The Hall–Kier alpha value is -2.77. The SMILES string of the molecule is O=C1CCCCCCCCCCCCCCCCCCC(=O)OC(COC(=O)Oc2cccc(O)c2)CO1. The maximum Gasteiger partial charge on any atom is 0.513 e. The molecule has 1 heterocycles. The summed E-state index contributed by atoms with van der Waals surface area (Å²) >= 11 is 0. The highest BCUT2D eigenvalue weighted by Gasteiger charge is 2.20. The van der Waals surface area contributed by atoms with Crippen LogP contribution in [0.4, 0.5) is 4.79 Å². The highest BCUT2D eigenvalue weighted by molar-refractivity contribution is 5.70. The molecule has 0 aromatic heterocycles. The van der Waals surface area contributed by atoms with E-state index in [9.17, 15) is 19.5 Å². The predicted octanol–water partition coefficient (Wildman–Crippen LogP) is 7.40. The molecule has 2 rings (SSSR count). The van der Waals surface area contributed by atoms with Gasteiger partial charge in [-0.15, -0.1) is 0 Å². The molecule has 38 heavy (non-hydrogen) atoms. The van der Waals surface area contributed by atoms with Crippen molar-refractivity contribution in [3.05, 3.63) is 24.3 Å². The quantitative estimate of drug-likeness (QED) is 0.243. The second-order valence-corrected chi connectivity index (χ2v) is 10.1. The highest BCUT2D eigenvalue weighted by Crippen LogP contribution is 2.18. The third-order valence-corrected chi connectivity index (χ3v) is 6.65. The van der Waals surface area contributed by atoms with Crippen LogP contribution in [0.3, 0.4) is 0 Å². The Morgan fingerprint density at radius 2 is 1.26 bits per heavy atom. The molecule has 8 heteroatoms. The Kier molecular flexibility index (Phi) is 16.7.